The van der Waals surface area contributed by atoms with E-state index in [1.165, 1.54) is 0 Å². The molecule has 0 aromatic heterocycles. The van der Waals surface area contributed by atoms with Crippen LogP contribution in [0.4, 0.5) is 0 Å². The first kappa shape index (κ1) is 22.2. The number of piperidine rings is 1. The van der Waals surface area contributed by atoms with E-state index in [-0.39, 0.29) is 30.6 Å². The molecule has 0 radical (unpaired) electrons. The highest BCUT2D eigenvalue weighted by molar-refractivity contribution is 5.98. The fourth-order valence-electron chi connectivity index (χ4n) is 3.69. The third-order valence-corrected chi connectivity index (χ3v) is 5.37. The van der Waals surface area contributed by atoms with E-state index >= 15 is 0 Å². The molecule has 3 atom stereocenters. The number of carbonyl (C=O) groups excluding carboxylic acids is 4. The van der Waals surface area contributed by atoms with Crippen LogP contribution in [0.25, 0.3) is 0 Å². The standard InChI is InChI=1S/C24H27N3O4/c28-16-20(15-19-12-7-13-25-22(19)29)26-24(31)21(14-17-8-3-1-4-9-17)27-23(30)18-10-5-2-6-11-18/h1-6,8-11,16,19-21H,7,12-15H2,(H,25,29)(H,26,31)(H,27,30)/t19-,20-,21?/m0/s1. The molecule has 31 heavy (non-hydrogen) atoms. The Balaban J connectivity index is 1.70. The van der Waals surface area contributed by atoms with Gasteiger partial charge < -0.3 is 20.7 Å². The molecule has 0 bridgehead atoms. The molecule has 3 N–H and O–H groups in total. The highest BCUT2D eigenvalue weighted by atomic mass is 16.2. The van der Waals surface area contributed by atoms with Gasteiger partial charge in [0.25, 0.3) is 5.91 Å². The van der Waals surface area contributed by atoms with Crippen LogP contribution in [0.2, 0.25) is 0 Å². The van der Waals surface area contributed by atoms with Crippen LogP contribution < -0.4 is 16.0 Å². The summed E-state index contributed by atoms with van der Waals surface area (Å²) in [5, 5.41) is 8.28. The number of aldehydes is 1. The molecule has 1 fully saturated rings. The summed E-state index contributed by atoms with van der Waals surface area (Å²) in [6.07, 6.45) is 2.70. The molecule has 1 unspecified atom stereocenters. The molecule has 0 saturated carbocycles. The van der Waals surface area contributed by atoms with Gasteiger partial charge in [-0.2, -0.15) is 0 Å². The van der Waals surface area contributed by atoms with Crippen molar-refractivity contribution in [1.29, 1.82) is 0 Å². The van der Waals surface area contributed by atoms with E-state index in [0.717, 1.165) is 12.0 Å². The van der Waals surface area contributed by atoms with Gasteiger partial charge in [-0.05, 0) is 37.0 Å². The fourth-order valence-corrected chi connectivity index (χ4v) is 3.69. The van der Waals surface area contributed by atoms with Crippen LogP contribution in [0.5, 0.6) is 0 Å². The van der Waals surface area contributed by atoms with E-state index < -0.39 is 18.0 Å². The monoisotopic (exact) mass is 421 g/mol. The van der Waals surface area contributed by atoms with Crippen molar-refractivity contribution in [2.75, 3.05) is 6.54 Å². The van der Waals surface area contributed by atoms with Gasteiger partial charge in [-0.3, -0.25) is 14.4 Å². The van der Waals surface area contributed by atoms with Crippen molar-refractivity contribution in [3.8, 4) is 0 Å². The van der Waals surface area contributed by atoms with Crippen molar-refractivity contribution < 1.29 is 19.2 Å². The lowest BCUT2D eigenvalue weighted by Gasteiger charge is -2.26. The second-order valence-corrected chi connectivity index (χ2v) is 7.70. The van der Waals surface area contributed by atoms with Crippen LogP contribution in [-0.2, 0) is 20.8 Å². The van der Waals surface area contributed by atoms with Gasteiger partial charge in [0, 0.05) is 24.4 Å². The van der Waals surface area contributed by atoms with Crippen LogP contribution in [-0.4, -0.2) is 42.6 Å². The summed E-state index contributed by atoms with van der Waals surface area (Å²) in [7, 11) is 0. The van der Waals surface area contributed by atoms with Gasteiger partial charge in [-0.25, -0.2) is 0 Å². The molecule has 0 spiro atoms. The third kappa shape index (κ3) is 6.50. The summed E-state index contributed by atoms with van der Waals surface area (Å²) in [6, 6.07) is 16.3. The van der Waals surface area contributed by atoms with Crippen LogP contribution >= 0.6 is 0 Å². The van der Waals surface area contributed by atoms with E-state index in [9.17, 15) is 19.2 Å². The van der Waals surface area contributed by atoms with Crippen LogP contribution in [0.3, 0.4) is 0 Å². The Hall–Kier alpha value is -3.48. The number of nitrogens with one attached hydrogen (secondary N) is 3. The molecule has 7 nitrogen and oxygen atoms in total. The van der Waals surface area contributed by atoms with Crippen molar-refractivity contribution in [1.82, 2.24) is 16.0 Å². The molecule has 1 aliphatic heterocycles. The highest BCUT2D eigenvalue weighted by Gasteiger charge is 2.28. The smallest absolute Gasteiger partial charge is 0.251 e. The summed E-state index contributed by atoms with van der Waals surface area (Å²) >= 11 is 0. The Bertz CT molecular complexity index is 902. The summed E-state index contributed by atoms with van der Waals surface area (Å²) in [6.45, 7) is 0.637. The van der Waals surface area contributed by atoms with Crippen LogP contribution in [0.15, 0.2) is 60.7 Å². The SMILES string of the molecule is O=C[C@H](C[C@@H]1CCCNC1=O)NC(=O)C(Cc1ccccc1)NC(=O)c1ccccc1. The molecule has 1 heterocycles. The highest BCUT2D eigenvalue weighted by Crippen LogP contribution is 2.17. The van der Waals surface area contributed by atoms with Gasteiger partial charge in [0.15, 0.2) is 0 Å². The lowest BCUT2D eigenvalue weighted by Crippen LogP contribution is -2.52. The number of rotatable bonds is 9. The number of carbonyl (C=O) groups is 4. The first-order chi connectivity index (χ1) is 15.1. The molecule has 1 saturated heterocycles. The largest absolute Gasteiger partial charge is 0.356 e. The van der Waals surface area contributed by atoms with E-state index in [2.05, 4.69) is 16.0 Å². The quantitative estimate of drug-likeness (QED) is 0.535. The number of benzene rings is 2. The molecule has 7 heteroatoms. The molecule has 2 aromatic carbocycles. The fraction of sp³-hybridized carbons (Fsp3) is 0.333. The van der Waals surface area contributed by atoms with Crippen LogP contribution in [0.1, 0.15) is 35.2 Å². The maximum atomic E-state index is 13.0. The normalized spacial score (nSPS) is 17.7. The minimum atomic E-state index is -0.863. The van der Waals surface area contributed by atoms with Gasteiger partial charge in [-0.1, -0.05) is 48.5 Å². The van der Waals surface area contributed by atoms with Crippen molar-refractivity contribution >= 4 is 24.0 Å². The molecule has 1 aliphatic rings. The van der Waals surface area contributed by atoms with Crippen molar-refractivity contribution in [3.05, 3.63) is 71.8 Å². The maximum Gasteiger partial charge on any atom is 0.251 e. The average Bonchev–Trinajstić information content (AvgIpc) is 2.80. The molecule has 3 rings (SSSR count). The second kappa shape index (κ2) is 11.1. The first-order valence-corrected chi connectivity index (χ1v) is 10.5. The first-order valence-electron chi connectivity index (χ1n) is 10.5. The van der Waals surface area contributed by atoms with E-state index in [1.807, 2.05) is 30.3 Å². The zero-order valence-electron chi connectivity index (χ0n) is 17.3. The van der Waals surface area contributed by atoms with E-state index in [1.54, 1.807) is 30.3 Å². The Morgan fingerprint density at radius 2 is 1.71 bits per heavy atom. The molecular weight excluding hydrogens is 394 g/mol. The molecule has 3 amide bonds. The molecule has 0 aliphatic carbocycles. The van der Waals surface area contributed by atoms with Crippen molar-refractivity contribution in [3.63, 3.8) is 0 Å². The Labute approximate surface area is 181 Å². The minimum absolute atomic E-state index is 0.0921. The lowest BCUT2D eigenvalue weighted by molar-refractivity contribution is -0.129. The topological polar surface area (TPSA) is 104 Å². The third-order valence-electron chi connectivity index (χ3n) is 5.37. The van der Waals surface area contributed by atoms with Crippen molar-refractivity contribution in [2.24, 2.45) is 5.92 Å². The van der Waals surface area contributed by atoms with E-state index in [4.69, 9.17) is 0 Å². The summed E-state index contributed by atoms with van der Waals surface area (Å²) < 4.78 is 0. The predicted octanol–water partition coefficient (Wildman–Crippen LogP) is 1.63. The molecule has 2 aromatic rings. The zero-order valence-corrected chi connectivity index (χ0v) is 17.3. The van der Waals surface area contributed by atoms with Gasteiger partial charge in [-0.15, -0.1) is 0 Å². The predicted molar refractivity (Wildman–Crippen MR) is 116 cm³/mol. The Morgan fingerprint density at radius 1 is 1.03 bits per heavy atom. The van der Waals surface area contributed by atoms with E-state index in [0.29, 0.717) is 24.8 Å². The van der Waals surface area contributed by atoms with Crippen LogP contribution in [0, 0.1) is 5.92 Å². The van der Waals surface area contributed by atoms with Gasteiger partial charge >= 0.3 is 0 Å². The number of hydrogen-bond donors (Lipinski definition) is 3. The van der Waals surface area contributed by atoms with Gasteiger partial charge in [0.1, 0.15) is 12.3 Å². The Kier molecular flexibility index (Phi) is 7.92. The summed E-state index contributed by atoms with van der Waals surface area (Å²) in [4.78, 5) is 49.3. The minimum Gasteiger partial charge on any atom is -0.356 e. The maximum absolute atomic E-state index is 13.0. The zero-order chi connectivity index (χ0) is 22.1. The Morgan fingerprint density at radius 3 is 2.35 bits per heavy atom. The second-order valence-electron chi connectivity index (χ2n) is 7.70. The number of hydrogen-bond acceptors (Lipinski definition) is 4. The van der Waals surface area contributed by atoms with Gasteiger partial charge in [0.2, 0.25) is 11.8 Å². The average molecular weight is 421 g/mol. The number of amides is 3. The molecular formula is C24H27N3O4. The lowest BCUT2D eigenvalue weighted by atomic mass is 9.92. The molecule has 162 valence electrons. The van der Waals surface area contributed by atoms with Crippen molar-refractivity contribution in [2.45, 2.75) is 37.8 Å². The summed E-state index contributed by atoms with van der Waals surface area (Å²) in [5.74, 6) is -1.23. The van der Waals surface area contributed by atoms with Gasteiger partial charge in [0.05, 0.1) is 6.04 Å². The summed E-state index contributed by atoms with van der Waals surface area (Å²) in [5.41, 5.74) is 1.32.